The molecule has 2 saturated heterocycles. The smallest absolute Gasteiger partial charge is 0.327 e. The number of Topliss-reactive ketones (excluding diaryl/α,β-unsaturated/α-hetero) is 1. The maximum Gasteiger partial charge on any atom is 0.327 e. The number of amides is 2. The number of carbonyl (C=O) groups is 4. The van der Waals surface area contributed by atoms with Crippen molar-refractivity contribution in [1.29, 1.82) is 0 Å². The molecule has 0 saturated carbocycles. The van der Waals surface area contributed by atoms with Gasteiger partial charge in [-0.25, -0.2) is 4.79 Å². The Kier molecular flexibility index (Phi) is 5.59. The predicted octanol–water partition coefficient (Wildman–Crippen LogP) is 0.917. The van der Waals surface area contributed by atoms with E-state index in [9.17, 15) is 24.3 Å². The van der Waals surface area contributed by atoms with Crippen molar-refractivity contribution < 1.29 is 38.5 Å². The summed E-state index contributed by atoms with van der Waals surface area (Å²) >= 11 is 1.16. The quantitative estimate of drug-likeness (QED) is 0.458. The molecule has 0 spiro atoms. The molecule has 2 N–H and O–H groups in total. The van der Waals surface area contributed by atoms with Crippen LogP contribution in [0, 0.1) is 0 Å². The van der Waals surface area contributed by atoms with Gasteiger partial charge in [-0.15, -0.1) is 11.8 Å². The molecule has 0 aromatic heterocycles. The number of ether oxygens (including phenoxy) is 3. The van der Waals surface area contributed by atoms with E-state index in [1.54, 1.807) is 19.9 Å². The number of thioether (sulfide) groups is 1. The summed E-state index contributed by atoms with van der Waals surface area (Å²) in [4.78, 5) is 52.1. The van der Waals surface area contributed by atoms with Gasteiger partial charge in [-0.05, 0) is 32.9 Å². The number of hydrogen-bond donors (Lipinski definition) is 2. The summed E-state index contributed by atoms with van der Waals surface area (Å²) < 4.78 is 15.0. The molecule has 0 radical (unpaired) electrons. The summed E-state index contributed by atoms with van der Waals surface area (Å²) in [7, 11) is 4.11. The van der Waals surface area contributed by atoms with Crippen LogP contribution in [0.2, 0.25) is 0 Å². The van der Waals surface area contributed by atoms with Gasteiger partial charge in [0.1, 0.15) is 22.7 Å². The standard InChI is InChI=1S/C20H24N2O8S/c1-9(23)20(17(27)22-14(16(25)26)19(2,3)31-18(20)22)21-15(24)12-10(28-4)7-8-11(29-5)13(12)30-6/h7-8,14,18H,1-6H3,(H,21,24)(H,25,26)/t14-,18+,20?/m0/s1. The Morgan fingerprint density at radius 1 is 1.10 bits per heavy atom. The Morgan fingerprint density at radius 2 is 1.68 bits per heavy atom. The van der Waals surface area contributed by atoms with Gasteiger partial charge in [0.05, 0.1) is 21.3 Å². The van der Waals surface area contributed by atoms with E-state index in [-0.39, 0.29) is 22.8 Å². The molecule has 1 aromatic rings. The molecule has 0 bridgehead atoms. The minimum Gasteiger partial charge on any atom is -0.496 e. The number of aliphatic carboxylic acids is 1. The van der Waals surface area contributed by atoms with Gasteiger partial charge in [-0.2, -0.15) is 0 Å². The van der Waals surface area contributed by atoms with E-state index in [2.05, 4.69) is 5.32 Å². The fraction of sp³-hybridized carbons (Fsp3) is 0.500. The van der Waals surface area contributed by atoms with Gasteiger partial charge >= 0.3 is 5.97 Å². The number of carboxylic acids is 1. The number of hydrogen-bond acceptors (Lipinski definition) is 8. The SMILES string of the molecule is COc1ccc(OC)c(C(=O)NC2(C(C)=O)C(=O)N3[C@@H](C(=O)O)C(C)(C)S[C@@H]32)c1OC. The maximum atomic E-state index is 13.3. The topological polar surface area (TPSA) is 131 Å². The van der Waals surface area contributed by atoms with Gasteiger partial charge in [-0.1, -0.05) is 0 Å². The van der Waals surface area contributed by atoms with Gasteiger partial charge < -0.3 is 29.5 Å². The molecule has 11 heteroatoms. The molecule has 10 nitrogen and oxygen atoms in total. The van der Waals surface area contributed by atoms with E-state index < -0.39 is 45.3 Å². The maximum absolute atomic E-state index is 13.3. The monoisotopic (exact) mass is 452 g/mol. The molecule has 0 aliphatic carbocycles. The average molecular weight is 452 g/mol. The number of benzene rings is 1. The van der Waals surface area contributed by atoms with Crippen LogP contribution in [0.25, 0.3) is 0 Å². The van der Waals surface area contributed by atoms with Crippen molar-refractivity contribution in [1.82, 2.24) is 10.2 Å². The first-order valence-corrected chi connectivity index (χ1v) is 10.2. The first kappa shape index (κ1) is 22.7. The van der Waals surface area contributed by atoms with E-state index in [1.165, 1.54) is 34.3 Å². The lowest BCUT2D eigenvalue weighted by Gasteiger charge is -2.51. The number of carboxylic acid groups (broad SMARTS) is 1. The summed E-state index contributed by atoms with van der Waals surface area (Å²) in [5, 5.41) is 11.3. The highest BCUT2D eigenvalue weighted by Gasteiger charge is 2.74. The van der Waals surface area contributed by atoms with Crippen molar-refractivity contribution in [2.45, 2.75) is 42.5 Å². The van der Waals surface area contributed by atoms with Crippen LogP contribution < -0.4 is 19.5 Å². The zero-order chi connectivity index (χ0) is 23.3. The molecule has 3 atom stereocenters. The lowest BCUT2D eigenvalue weighted by atomic mass is 9.81. The Morgan fingerprint density at radius 3 is 2.16 bits per heavy atom. The van der Waals surface area contributed by atoms with Gasteiger partial charge in [0, 0.05) is 4.75 Å². The minimum atomic E-state index is -1.90. The second-order valence-electron chi connectivity index (χ2n) is 7.72. The third-order valence-electron chi connectivity index (χ3n) is 5.60. The molecular weight excluding hydrogens is 428 g/mol. The van der Waals surface area contributed by atoms with Gasteiger partial charge in [0.15, 0.2) is 17.3 Å². The van der Waals surface area contributed by atoms with E-state index >= 15 is 0 Å². The second kappa shape index (κ2) is 7.63. The summed E-state index contributed by atoms with van der Waals surface area (Å²) in [5.41, 5.74) is -1.95. The normalized spacial score (nSPS) is 25.9. The predicted molar refractivity (Wildman–Crippen MR) is 111 cm³/mol. The highest BCUT2D eigenvalue weighted by Crippen LogP contribution is 2.55. The van der Waals surface area contributed by atoms with Crippen LogP contribution in [-0.2, 0) is 14.4 Å². The number of β-lactam (4-membered cyclic amide) rings is 1. The number of methoxy groups -OCH3 is 3. The van der Waals surface area contributed by atoms with Crippen LogP contribution in [0.4, 0.5) is 0 Å². The van der Waals surface area contributed by atoms with Crippen LogP contribution in [0.3, 0.4) is 0 Å². The molecule has 2 heterocycles. The van der Waals surface area contributed by atoms with Crippen LogP contribution in [0.1, 0.15) is 31.1 Å². The third-order valence-corrected chi connectivity index (χ3v) is 7.24. The van der Waals surface area contributed by atoms with Gasteiger partial charge in [0.25, 0.3) is 11.8 Å². The minimum absolute atomic E-state index is 0.0479. The molecular formula is C20H24N2O8S. The van der Waals surface area contributed by atoms with Crippen molar-refractivity contribution in [2.24, 2.45) is 0 Å². The zero-order valence-electron chi connectivity index (χ0n) is 18.0. The van der Waals surface area contributed by atoms with Crippen LogP contribution in [-0.4, -0.2) is 76.6 Å². The molecule has 3 rings (SSSR count). The van der Waals surface area contributed by atoms with Crippen molar-refractivity contribution in [2.75, 3.05) is 21.3 Å². The molecule has 168 valence electrons. The molecule has 31 heavy (non-hydrogen) atoms. The fourth-order valence-corrected chi connectivity index (χ4v) is 5.87. The summed E-state index contributed by atoms with van der Waals surface area (Å²) in [5.74, 6) is -2.83. The lowest BCUT2D eigenvalue weighted by Crippen LogP contribution is -2.82. The summed E-state index contributed by atoms with van der Waals surface area (Å²) in [6.45, 7) is 4.56. The van der Waals surface area contributed by atoms with Crippen LogP contribution in [0.5, 0.6) is 17.2 Å². The van der Waals surface area contributed by atoms with Crippen molar-refractivity contribution in [3.63, 3.8) is 0 Å². The number of ketones is 1. The number of nitrogens with zero attached hydrogens (tertiary/aromatic N) is 1. The fourth-order valence-electron chi connectivity index (χ4n) is 4.12. The van der Waals surface area contributed by atoms with Gasteiger partial charge in [-0.3, -0.25) is 14.4 Å². The van der Waals surface area contributed by atoms with Crippen molar-refractivity contribution >= 4 is 35.3 Å². The van der Waals surface area contributed by atoms with E-state index in [1.807, 2.05) is 0 Å². The second-order valence-corrected chi connectivity index (χ2v) is 9.46. The van der Waals surface area contributed by atoms with Gasteiger partial charge in [0.2, 0.25) is 5.54 Å². The highest BCUT2D eigenvalue weighted by molar-refractivity contribution is 8.01. The Bertz CT molecular complexity index is 978. The zero-order valence-corrected chi connectivity index (χ0v) is 18.8. The highest BCUT2D eigenvalue weighted by atomic mass is 32.2. The number of nitrogens with one attached hydrogen (secondary N) is 1. The number of rotatable bonds is 7. The van der Waals surface area contributed by atoms with Crippen LogP contribution in [0.15, 0.2) is 12.1 Å². The Balaban J connectivity index is 2.06. The van der Waals surface area contributed by atoms with Crippen molar-refractivity contribution in [3.05, 3.63) is 17.7 Å². The Hall–Kier alpha value is -2.95. The number of carbonyl (C=O) groups excluding carboxylic acids is 3. The molecule has 2 fully saturated rings. The first-order chi connectivity index (χ1) is 14.5. The molecule has 1 aromatic carbocycles. The average Bonchev–Trinajstić information content (AvgIpc) is 2.98. The summed E-state index contributed by atoms with van der Waals surface area (Å²) in [6.07, 6.45) is 0. The lowest BCUT2D eigenvalue weighted by molar-refractivity contribution is -0.170. The first-order valence-electron chi connectivity index (χ1n) is 9.33. The van der Waals surface area contributed by atoms with Crippen LogP contribution >= 0.6 is 11.8 Å². The summed E-state index contributed by atoms with van der Waals surface area (Å²) in [6, 6.07) is 1.93. The van der Waals surface area contributed by atoms with Crippen molar-refractivity contribution in [3.8, 4) is 17.2 Å². The Labute approximate surface area is 183 Å². The van der Waals surface area contributed by atoms with E-state index in [0.717, 1.165) is 16.7 Å². The third kappa shape index (κ3) is 3.10. The molecule has 2 aliphatic rings. The molecule has 2 aliphatic heterocycles. The molecule has 1 unspecified atom stereocenters. The largest absolute Gasteiger partial charge is 0.496 e. The number of fused-ring (bicyclic) bond motifs is 1. The van der Waals surface area contributed by atoms with E-state index in [0.29, 0.717) is 0 Å². The molecule has 2 amide bonds. The van der Waals surface area contributed by atoms with E-state index in [4.69, 9.17) is 14.2 Å².